The van der Waals surface area contributed by atoms with Crippen LogP contribution in [0.4, 0.5) is 0 Å². The van der Waals surface area contributed by atoms with E-state index in [1.807, 2.05) is 0 Å². The maximum absolute atomic E-state index is 11.4. The minimum atomic E-state index is -1.01. The van der Waals surface area contributed by atoms with Crippen molar-refractivity contribution in [1.29, 1.82) is 0 Å². The molecular weight excluding hydrogens is 270 g/mol. The molecule has 0 unspecified atom stereocenters. The normalized spacial score (nSPS) is 20.5. The van der Waals surface area contributed by atoms with Gasteiger partial charge in [-0.15, -0.1) is 12.4 Å². The molecule has 104 valence electrons. The van der Waals surface area contributed by atoms with E-state index >= 15 is 0 Å². The van der Waals surface area contributed by atoms with Crippen molar-refractivity contribution in [2.24, 2.45) is 0 Å². The largest absolute Gasteiger partial charge is 0.480 e. The fourth-order valence-electron chi connectivity index (χ4n) is 2.47. The predicted molar refractivity (Wildman–Crippen MR) is 71.4 cm³/mol. The number of nitrogens with zero attached hydrogens (tertiary/aromatic N) is 1. The van der Waals surface area contributed by atoms with Gasteiger partial charge in [0.25, 0.3) is 0 Å². The van der Waals surface area contributed by atoms with Gasteiger partial charge in [-0.1, -0.05) is 30.3 Å². The van der Waals surface area contributed by atoms with Crippen LogP contribution in [-0.4, -0.2) is 39.6 Å². The molecule has 1 aromatic rings. The second-order valence-electron chi connectivity index (χ2n) is 4.39. The average Bonchev–Trinajstić information content (AvgIpc) is 2.79. The zero-order valence-corrected chi connectivity index (χ0v) is 11.0. The fraction of sp³-hybridized carbons (Fsp3) is 0.385. The molecule has 0 radical (unpaired) electrons. The first-order valence-corrected chi connectivity index (χ1v) is 5.87. The first-order chi connectivity index (χ1) is 8.61. The summed E-state index contributed by atoms with van der Waals surface area (Å²) < 4.78 is 0. The van der Waals surface area contributed by atoms with Gasteiger partial charge >= 0.3 is 11.9 Å². The van der Waals surface area contributed by atoms with E-state index in [1.54, 1.807) is 35.2 Å². The maximum Gasteiger partial charge on any atom is 0.325 e. The zero-order valence-electron chi connectivity index (χ0n) is 10.2. The number of benzene rings is 1. The first kappa shape index (κ1) is 15.5. The molecule has 1 saturated heterocycles. The maximum atomic E-state index is 11.4. The van der Waals surface area contributed by atoms with E-state index in [1.165, 1.54) is 0 Å². The lowest BCUT2D eigenvalue weighted by Gasteiger charge is -2.28. The van der Waals surface area contributed by atoms with Gasteiger partial charge < -0.3 is 10.2 Å². The van der Waals surface area contributed by atoms with Crippen LogP contribution in [0.25, 0.3) is 0 Å². The molecular formula is C13H16ClNO4. The molecule has 6 heteroatoms. The second-order valence-corrected chi connectivity index (χ2v) is 4.39. The standard InChI is InChI=1S/C13H15NO4.ClH/c15-12(16)10-7-4-8-14(10)11(13(17)18)9-5-2-1-3-6-9;/h1-3,5-6,10-11H,4,7-8H2,(H,15,16)(H,17,18);1H/t10-,11-;/m0./s1. The summed E-state index contributed by atoms with van der Waals surface area (Å²) in [6, 6.07) is 7.18. The molecule has 2 atom stereocenters. The van der Waals surface area contributed by atoms with Crippen LogP contribution in [0.15, 0.2) is 30.3 Å². The Labute approximate surface area is 117 Å². The van der Waals surface area contributed by atoms with Gasteiger partial charge in [-0.3, -0.25) is 14.5 Å². The summed E-state index contributed by atoms with van der Waals surface area (Å²) in [4.78, 5) is 24.1. The number of likely N-dealkylation sites (tertiary alicyclic amines) is 1. The molecule has 0 saturated carbocycles. The fourth-order valence-corrected chi connectivity index (χ4v) is 2.47. The van der Waals surface area contributed by atoms with Crippen molar-refractivity contribution in [2.45, 2.75) is 24.9 Å². The Morgan fingerprint density at radius 2 is 1.84 bits per heavy atom. The lowest BCUT2D eigenvalue weighted by molar-refractivity contribution is -0.149. The molecule has 1 fully saturated rings. The van der Waals surface area contributed by atoms with Crippen molar-refractivity contribution < 1.29 is 19.8 Å². The molecule has 2 rings (SSSR count). The highest BCUT2D eigenvalue weighted by atomic mass is 35.5. The summed E-state index contributed by atoms with van der Waals surface area (Å²) in [5.41, 5.74) is 0.623. The number of halogens is 1. The molecule has 0 spiro atoms. The van der Waals surface area contributed by atoms with Crippen LogP contribution in [0.3, 0.4) is 0 Å². The Hall–Kier alpha value is -1.59. The molecule has 1 aromatic carbocycles. The third kappa shape index (κ3) is 3.24. The molecule has 1 aliphatic heterocycles. The number of carboxylic acid groups (broad SMARTS) is 2. The van der Waals surface area contributed by atoms with E-state index in [2.05, 4.69) is 0 Å². The van der Waals surface area contributed by atoms with Gasteiger partial charge in [-0.2, -0.15) is 0 Å². The molecule has 0 amide bonds. The molecule has 1 heterocycles. The Morgan fingerprint density at radius 1 is 1.21 bits per heavy atom. The summed E-state index contributed by atoms with van der Waals surface area (Å²) in [6.07, 6.45) is 1.22. The minimum Gasteiger partial charge on any atom is -0.480 e. The van der Waals surface area contributed by atoms with Crippen LogP contribution in [-0.2, 0) is 9.59 Å². The van der Waals surface area contributed by atoms with Crippen molar-refractivity contribution in [1.82, 2.24) is 4.90 Å². The lowest BCUT2D eigenvalue weighted by Crippen LogP contribution is -2.41. The molecule has 1 aliphatic rings. The Balaban J connectivity index is 0.00000180. The first-order valence-electron chi connectivity index (χ1n) is 5.87. The monoisotopic (exact) mass is 285 g/mol. The van der Waals surface area contributed by atoms with Gasteiger partial charge in [0.1, 0.15) is 12.1 Å². The third-order valence-corrected chi connectivity index (χ3v) is 3.26. The Bertz CT molecular complexity index is 451. The van der Waals surface area contributed by atoms with Crippen LogP contribution in [0.1, 0.15) is 24.4 Å². The highest BCUT2D eigenvalue weighted by Crippen LogP contribution is 2.29. The van der Waals surface area contributed by atoms with Crippen molar-refractivity contribution in [3.8, 4) is 0 Å². The van der Waals surface area contributed by atoms with Gasteiger partial charge in [0, 0.05) is 6.54 Å². The highest BCUT2D eigenvalue weighted by Gasteiger charge is 2.39. The summed E-state index contributed by atoms with van der Waals surface area (Å²) in [6.45, 7) is 0.503. The van der Waals surface area contributed by atoms with E-state index in [4.69, 9.17) is 5.11 Å². The van der Waals surface area contributed by atoms with Gasteiger partial charge in [-0.05, 0) is 18.4 Å². The van der Waals surface area contributed by atoms with E-state index in [9.17, 15) is 14.7 Å². The van der Waals surface area contributed by atoms with Gasteiger partial charge in [0.05, 0.1) is 0 Å². The highest BCUT2D eigenvalue weighted by molar-refractivity contribution is 5.85. The molecule has 0 aliphatic carbocycles. The van der Waals surface area contributed by atoms with E-state index < -0.39 is 24.0 Å². The summed E-state index contributed by atoms with van der Waals surface area (Å²) in [5, 5.41) is 18.5. The molecule has 0 bridgehead atoms. The van der Waals surface area contributed by atoms with Gasteiger partial charge in [0.2, 0.25) is 0 Å². The van der Waals surface area contributed by atoms with Crippen LogP contribution in [0.5, 0.6) is 0 Å². The number of rotatable bonds is 4. The summed E-state index contributed by atoms with van der Waals surface area (Å²) in [7, 11) is 0. The SMILES string of the molecule is Cl.O=C(O)[C@H](c1ccccc1)N1CCC[C@H]1C(=O)O. The van der Waals surface area contributed by atoms with Crippen LogP contribution in [0, 0.1) is 0 Å². The van der Waals surface area contributed by atoms with Crippen LogP contribution in [0.2, 0.25) is 0 Å². The second kappa shape index (κ2) is 6.54. The summed E-state index contributed by atoms with van der Waals surface area (Å²) in [5.74, 6) is -1.95. The quantitative estimate of drug-likeness (QED) is 0.882. The number of carbonyl (C=O) groups is 2. The van der Waals surface area contributed by atoms with E-state index in [0.717, 1.165) is 0 Å². The van der Waals surface area contributed by atoms with Crippen molar-refractivity contribution in [3.05, 3.63) is 35.9 Å². The Kier molecular flexibility index (Phi) is 5.32. The van der Waals surface area contributed by atoms with Gasteiger partial charge in [-0.25, -0.2) is 0 Å². The van der Waals surface area contributed by atoms with Crippen LogP contribution < -0.4 is 0 Å². The molecule has 0 aromatic heterocycles. The number of aliphatic carboxylic acids is 2. The number of carboxylic acids is 2. The zero-order chi connectivity index (χ0) is 13.1. The van der Waals surface area contributed by atoms with Crippen molar-refractivity contribution >= 4 is 24.3 Å². The van der Waals surface area contributed by atoms with E-state index in [0.29, 0.717) is 24.9 Å². The smallest absolute Gasteiger partial charge is 0.325 e. The molecule has 19 heavy (non-hydrogen) atoms. The lowest BCUT2D eigenvalue weighted by atomic mass is 10.0. The molecule has 2 N–H and O–H groups in total. The van der Waals surface area contributed by atoms with Crippen molar-refractivity contribution in [3.63, 3.8) is 0 Å². The van der Waals surface area contributed by atoms with Crippen molar-refractivity contribution in [2.75, 3.05) is 6.54 Å². The third-order valence-electron chi connectivity index (χ3n) is 3.26. The summed E-state index contributed by atoms with van der Waals surface area (Å²) >= 11 is 0. The Morgan fingerprint density at radius 3 is 2.37 bits per heavy atom. The number of hydrogen-bond acceptors (Lipinski definition) is 3. The molecule has 5 nitrogen and oxygen atoms in total. The number of hydrogen-bond donors (Lipinski definition) is 2. The minimum absolute atomic E-state index is 0. The average molecular weight is 286 g/mol. The topological polar surface area (TPSA) is 77.8 Å². The van der Waals surface area contributed by atoms with Crippen LogP contribution >= 0.6 is 12.4 Å². The van der Waals surface area contributed by atoms with E-state index in [-0.39, 0.29) is 12.4 Å². The van der Waals surface area contributed by atoms with Gasteiger partial charge in [0.15, 0.2) is 0 Å². The predicted octanol–water partition coefficient (Wildman–Crippen LogP) is 1.78.